The number of para-hydroxylation sites is 1. The van der Waals surface area contributed by atoms with E-state index < -0.39 is 23.4 Å². The molecule has 8 nitrogen and oxygen atoms in total. The van der Waals surface area contributed by atoms with Gasteiger partial charge in [-0.15, -0.1) is 0 Å². The maximum Gasteiger partial charge on any atom is 0.339 e. The lowest BCUT2D eigenvalue weighted by Crippen LogP contribution is -2.21. The van der Waals surface area contributed by atoms with Crippen LogP contribution in [0.25, 0.3) is 11.6 Å². The van der Waals surface area contributed by atoms with Gasteiger partial charge >= 0.3 is 5.97 Å². The highest BCUT2D eigenvalue weighted by Gasteiger charge is 2.17. The lowest BCUT2D eigenvalue weighted by Gasteiger charge is -2.11. The van der Waals surface area contributed by atoms with Crippen molar-refractivity contribution in [2.24, 2.45) is 0 Å². The minimum atomic E-state index is -0.690. The zero-order valence-electron chi connectivity index (χ0n) is 17.5. The van der Waals surface area contributed by atoms with Crippen molar-refractivity contribution in [3.8, 4) is 5.75 Å². The van der Waals surface area contributed by atoms with Crippen LogP contribution in [0.5, 0.6) is 5.75 Å². The third-order valence-electron chi connectivity index (χ3n) is 4.52. The Morgan fingerprint density at radius 3 is 2.42 bits per heavy atom. The second-order valence-corrected chi connectivity index (χ2v) is 7.57. The van der Waals surface area contributed by atoms with E-state index in [-0.39, 0.29) is 11.3 Å². The van der Waals surface area contributed by atoms with Crippen molar-refractivity contribution in [2.75, 3.05) is 19.0 Å². The Kier molecular flexibility index (Phi) is 7.93. The van der Waals surface area contributed by atoms with Gasteiger partial charge < -0.3 is 14.8 Å². The van der Waals surface area contributed by atoms with E-state index in [9.17, 15) is 19.7 Å². The summed E-state index contributed by atoms with van der Waals surface area (Å²) in [6.45, 7) is -0.543. The Bertz CT molecular complexity index is 1210. The molecule has 0 spiro atoms. The number of methoxy groups -OCH3 is 1. The van der Waals surface area contributed by atoms with Gasteiger partial charge in [0.15, 0.2) is 6.61 Å². The van der Waals surface area contributed by atoms with Gasteiger partial charge in [-0.05, 0) is 39.7 Å². The molecule has 3 rings (SSSR count). The highest BCUT2D eigenvalue weighted by atomic mass is 79.9. The molecule has 33 heavy (non-hydrogen) atoms. The predicted molar refractivity (Wildman–Crippen MR) is 128 cm³/mol. The Hall–Kier alpha value is -3.98. The third-order valence-corrected chi connectivity index (χ3v) is 5.17. The van der Waals surface area contributed by atoms with Gasteiger partial charge in [-0.3, -0.25) is 14.9 Å². The number of carbonyl (C=O) groups excluding carboxylic acids is 2. The monoisotopic (exact) mass is 510 g/mol. The fourth-order valence-corrected chi connectivity index (χ4v) is 3.40. The average molecular weight is 511 g/mol. The summed E-state index contributed by atoms with van der Waals surface area (Å²) in [7, 11) is 1.54. The molecule has 0 aliphatic rings. The highest BCUT2D eigenvalue weighted by molar-refractivity contribution is 9.10. The van der Waals surface area contributed by atoms with E-state index in [4.69, 9.17) is 9.47 Å². The van der Waals surface area contributed by atoms with Crippen molar-refractivity contribution in [3.05, 3.63) is 98.5 Å². The van der Waals surface area contributed by atoms with Gasteiger partial charge in [-0.25, -0.2) is 4.79 Å². The number of amides is 1. The quantitative estimate of drug-likeness (QED) is 0.149. The van der Waals surface area contributed by atoms with Crippen LogP contribution in [0, 0.1) is 10.1 Å². The minimum absolute atomic E-state index is 0.125. The second kappa shape index (κ2) is 11.1. The molecular formula is C24H19BrN2O6. The Labute approximate surface area is 198 Å². The molecule has 0 atom stereocenters. The number of rotatable bonds is 8. The van der Waals surface area contributed by atoms with Crippen LogP contribution in [0.3, 0.4) is 0 Å². The number of benzene rings is 3. The molecular weight excluding hydrogens is 492 g/mol. The first kappa shape index (κ1) is 23.7. The number of hydrogen-bond acceptors (Lipinski definition) is 6. The van der Waals surface area contributed by atoms with E-state index in [1.165, 1.54) is 25.3 Å². The summed E-state index contributed by atoms with van der Waals surface area (Å²) in [5.41, 5.74) is 1.74. The fraction of sp³-hybridized carbons (Fsp3) is 0.0833. The van der Waals surface area contributed by atoms with Crippen LogP contribution >= 0.6 is 15.9 Å². The molecule has 0 radical (unpaired) electrons. The maximum atomic E-state index is 12.9. The molecule has 0 aromatic heterocycles. The lowest BCUT2D eigenvalue weighted by atomic mass is 10.0. The van der Waals surface area contributed by atoms with Gasteiger partial charge in [0.1, 0.15) is 5.75 Å². The van der Waals surface area contributed by atoms with Crippen molar-refractivity contribution in [3.63, 3.8) is 0 Å². The molecule has 0 aliphatic heterocycles. The number of non-ortho nitro benzene ring substituents is 1. The first-order valence-electron chi connectivity index (χ1n) is 9.70. The second-order valence-electron chi connectivity index (χ2n) is 6.71. The molecule has 0 bridgehead atoms. The summed E-state index contributed by atoms with van der Waals surface area (Å²) in [4.78, 5) is 35.5. The number of nitrogens with one attached hydrogen (secondary N) is 1. The first-order valence-corrected chi connectivity index (χ1v) is 10.5. The SMILES string of the molecule is COc1ccccc1C=C(C(=O)OCC(=O)Nc1ccc([N+](=O)[O-])cc1Br)c1ccccc1. The first-order chi connectivity index (χ1) is 15.9. The molecule has 0 saturated heterocycles. The summed E-state index contributed by atoms with van der Waals surface area (Å²) in [5.74, 6) is -0.702. The Morgan fingerprint density at radius 1 is 1.06 bits per heavy atom. The van der Waals surface area contributed by atoms with E-state index in [0.717, 1.165) is 0 Å². The number of nitro groups is 1. The molecule has 3 aromatic rings. The molecule has 0 heterocycles. The largest absolute Gasteiger partial charge is 0.496 e. The number of anilines is 1. The maximum absolute atomic E-state index is 12.9. The van der Waals surface area contributed by atoms with Crippen LogP contribution in [-0.2, 0) is 14.3 Å². The number of esters is 1. The minimum Gasteiger partial charge on any atom is -0.496 e. The number of hydrogen-bond donors (Lipinski definition) is 1. The summed E-state index contributed by atoms with van der Waals surface area (Å²) in [5, 5.41) is 13.4. The number of halogens is 1. The van der Waals surface area contributed by atoms with Gasteiger partial charge in [0.25, 0.3) is 11.6 Å². The molecule has 168 valence electrons. The van der Waals surface area contributed by atoms with Crippen LogP contribution in [0.4, 0.5) is 11.4 Å². The topological polar surface area (TPSA) is 108 Å². The van der Waals surface area contributed by atoms with Crippen molar-refractivity contribution in [1.82, 2.24) is 0 Å². The summed E-state index contributed by atoms with van der Waals surface area (Å²) < 4.78 is 10.9. The average Bonchev–Trinajstić information content (AvgIpc) is 2.83. The van der Waals surface area contributed by atoms with Gasteiger partial charge in [0, 0.05) is 22.2 Å². The Balaban J connectivity index is 1.76. The van der Waals surface area contributed by atoms with Gasteiger partial charge in [-0.1, -0.05) is 48.5 Å². The van der Waals surface area contributed by atoms with E-state index >= 15 is 0 Å². The van der Waals surface area contributed by atoms with Crippen LogP contribution in [0.2, 0.25) is 0 Å². The molecule has 0 aliphatic carbocycles. The molecule has 1 amide bonds. The standard InChI is InChI=1S/C24H19BrN2O6/c1-32-22-10-6-5-9-17(22)13-19(16-7-3-2-4-8-16)24(29)33-15-23(28)26-21-12-11-18(27(30)31)14-20(21)25/h2-14H,15H2,1H3,(H,26,28). The molecule has 0 unspecified atom stereocenters. The van der Waals surface area contributed by atoms with Crippen LogP contribution in [0.15, 0.2) is 77.3 Å². The zero-order valence-corrected chi connectivity index (χ0v) is 19.1. The van der Waals surface area contributed by atoms with Crippen molar-refractivity contribution in [1.29, 1.82) is 0 Å². The highest BCUT2D eigenvalue weighted by Crippen LogP contribution is 2.28. The summed E-state index contributed by atoms with van der Waals surface area (Å²) in [6, 6.07) is 20.0. The van der Waals surface area contributed by atoms with Crippen molar-refractivity contribution in [2.45, 2.75) is 0 Å². The van der Waals surface area contributed by atoms with Crippen molar-refractivity contribution < 1.29 is 24.0 Å². The molecule has 0 fully saturated rings. The van der Waals surface area contributed by atoms with E-state index in [1.54, 1.807) is 42.5 Å². The zero-order chi connectivity index (χ0) is 23.8. The number of nitrogens with zero attached hydrogens (tertiary/aromatic N) is 1. The van der Waals surface area contributed by atoms with E-state index in [0.29, 0.717) is 27.0 Å². The van der Waals surface area contributed by atoms with Gasteiger partial charge in [0.05, 0.1) is 23.3 Å². The van der Waals surface area contributed by atoms with E-state index in [1.807, 2.05) is 18.2 Å². The summed E-state index contributed by atoms with van der Waals surface area (Å²) in [6.07, 6.45) is 1.64. The van der Waals surface area contributed by atoms with Gasteiger partial charge in [-0.2, -0.15) is 0 Å². The molecule has 1 N–H and O–H groups in total. The Morgan fingerprint density at radius 2 is 1.76 bits per heavy atom. The van der Waals surface area contributed by atoms with Crippen LogP contribution < -0.4 is 10.1 Å². The molecule has 0 saturated carbocycles. The number of nitro benzene ring substituents is 1. The van der Waals surface area contributed by atoms with Crippen molar-refractivity contribution >= 4 is 50.8 Å². The van der Waals surface area contributed by atoms with Gasteiger partial charge in [0.2, 0.25) is 0 Å². The third kappa shape index (κ3) is 6.27. The normalized spacial score (nSPS) is 10.9. The fourth-order valence-electron chi connectivity index (χ4n) is 2.93. The lowest BCUT2D eigenvalue weighted by molar-refractivity contribution is -0.384. The summed E-state index contributed by atoms with van der Waals surface area (Å²) >= 11 is 3.18. The molecule has 9 heteroatoms. The molecule has 3 aromatic carbocycles. The number of carbonyl (C=O) groups is 2. The van der Waals surface area contributed by atoms with Crippen LogP contribution in [-0.4, -0.2) is 30.5 Å². The van der Waals surface area contributed by atoms with Crippen LogP contribution in [0.1, 0.15) is 11.1 Å². The number of ether oxygens (including phenoxy) is 2. The smallest absolute Gasteiger partial charge is 0.339 e. The predicted octanol–water partition coefficient (Wildman–Crippen LogP) is 5.09. The van der Waals surface area contributed by atoms with E-state index in [2.05, 4.69) is 21.2 Å².